The standard InChI is InChI=1S/C26H39NO10/c1-5-8-9-10-23(28)35-18(4)17-34-24(29)20(27)15-19-11-12-21(36-25(30)32-13-6-2)22(16-19)37-26(31)33-14-7-3/h11-12,16,18,20H,5-10,13-15,17,27H2,1-4H3/t18-,20-/m0/s1. The molecule has 0 saturated heterocycles. The maximum absolute atomic E-state index is 12.4. The lowest BCUT2D eigenvalue weighted by atomic mass is 10.1. The number of esters is 2. The van der Waals surface area contributed by atoms with Gasteiger partial charge in [0.25, 0.3) is 0 Å². The summed E-state index contributed by atoms with van der Waals surface area (Å²) in [5, 5.41) is 0. The molecule has 2 atom stereocenters. The number of nitrogens with two attached hydrogens (primary N) is 1. The van der Waals surface area contributed by atoms with Gasteiger partial charge in [0.15, 0.2) is 11.5 Å². The van der Waals surface area contributed by atoms with Gasteiger partial charge in [-0.2, -0.15) is 0 Å². The van der Waals surface area contributed by atoms with Crippen LogP contribution < -0.4 is 15.2 Å². The number of rotatable bonds is 16. The zero-order valence-corrected chi connectivity index (χ0v) is 22.1. The Balaban J connectivity index is 2.75. The average Bonchev–Trinajstić information content (AvgIpc) is 2.86. The molecule has 208 valence electrons. The predicted molar refractivity (Wildman–Crippen MR) is 133 cm³/mol. The first-order valence-electron chi connectivity index (χ1n) is 12.6. The smallest absolute Gasteiger partial charge is 0.461 e. The zero-order chi connectivity index (χ0) is 27.6. The van der Waals surface area contributed by atoms with E-state index in [-0.39, 0.29) is 43.7 Å². The minimum atomic E-state index is -1.05. The lowest BCUT2D eigenvalue weighted by Gasteiger charge is -2.17. The third-order valence-electron chi connectivity index (χ3n) is 4.78. The van der Waals surface area contributed by atoms with E-state index in [1.54, 1.807) is 13.0 Å². The van der Waals surface area contributed by atoms with Gasteiger partial charge in [0.1, 0.15) is 18.8 Å². The van der Waals surface area contributed by atoms with Gasteiger partial charge in [0.05, 0.1) is 13.2 Å². The van der Waals surface area contributed by atoms with Crippen LogP contribution in [0.5, 0.6) is 11.5 Å². The molecule has 0 fully saturated rings. The third kappa shape index (κ3) is 13.5. The van der Waals surface area contributed by atoms with E-state index in [1.807, 2.05) is 20.8 Å². The van der Waals surface area contributed by atoms with Crippen LogP contribution in [0.25, 0.3) is 0 Å². The molecule has 0 bridgehead atoms. The minimum absolute atomic E-state index is 0.0327. The number of carbonyl (C=O) groups is 4. The van der Waals surface area contributed by atoms with Crippen LogP contribution in [0.1, 0.15) is 71.8 Å². The van der Waals surface area contributed by atoms with Gasteiger partial charge in [-0.15, -0.1) is 0 Å². The topological polar surface area (TPSA) is 150 Å². The summed E-state index contributed by atoms with van der Waals surface area (Å²) in [6.45, 7) is 7.51. The van der Waals surface area contributed by atoms with Crippen LogP contribution in [0.2, 0.25) is 0 Å². The zero-order valence-electron chi connectivity index (χ0n) is 22.1. The summed E-state index contributed by atoms with van der Waals surface area (Å²) in [7, 11) is 0. The summed E-state index contributed by atoms with van der Waals surface area (Å²) in [6.07, 6.45) is 1.69. The first-order chi connectivity index (χ1) is 17.7. The van der Waals surface area contributed by atoms with Crippen molar-refractivity contribution in [1.82, 2.24) is 0 Å². The van der Waals surface area contributed by atoms with E-state index in [9.17, 15) is 19.2 Å². The van der Waals surface area contributed by atoms with Crippen molar-refractivity contribution in [1.29, 1.82) is 0 Å². The second-order valence-electron chi connectivity index (χ2n) is 8.38. The van der Waals surface area contributed by atoms with E-state index in [0.717, 1.165) is 19.3 Å². The predicted octanol–water partition coefficient (Wildman–Crippen LogP) is 4.46. The SMILES string of the molecule is CCCCCC(=O)O[C@@H](C)COC(=O)[C@@H](N)Cc1ccc(OC(=O)OCCC)c(OC(=O)OCCC)c1. The molecule has 11 heteroatoms. The molecule has 0 spiro atoms. The lowest BCUT2D eigenvalue weighted by Crippen LogP contribution is -2.36. The molecule has 1 aromatic carbocycles. The molecule has 0 heterocycles. The van der Waals surface area contributed by atoms with Crippen LogP contribution in [0.15, 0.2) is 18.2 Å². The fraction of sp³-hybridized carbons (Fsp3) is 0.615. The molecule has 0 amide bonds. The fourth-order valence-corrected chi connectivity index (χ4v) is 2.93. The van der Waals surface area contributed by atoms with Gasteiger partial charge >= 0.3 is 24.2 Å². The molecule has 0 unspecified atom stereocenters. The van der Waals surface area contributed by atoms with E-state index < -0.39 is 30.4 Å². The summed E-state index contributed by atoms with van der Waals surface area (Å²) in [5.74, 6) is -1.20. The van der Waals surface area contributed by atoms with E-state index in [4.69, 9.17) is 34.2 Å². The highest BCUT2D eigenvalue weighted by molar-refractivity contribution is 5.76. The van der Waals surface area contributed by atoms with Crippen molar-refractivity contribution in [3.8, 4) is 11.5 Å². The second-order valence-corrected chi connectivity index (χ2v) is 8.38. The molecule has 0 aliphatic rings. The normalized spacial score (nSPS) is 12.1. The maximum atomic E-state index is 12.4. The molecule has 1 aromatic rings. The molecule has 0 saturated carbocycles. The van der Waals surface area contributed by atoms with Crippen LogP contribution in [0, 0.1) is 0 Å². The Kier molecular flexibility index (Phi) is 15.4. The Morgan fingerprint density at radius 3 is 2.05 bits per heavy atom. The molecule has 0 aliphatic heterocycles. The summed E-state index contributed by atoms with van der Waals surface area (Å²) < 4.78 is 30.5. The Hall–Kier alpha value is -3.34. The number of hydrogen-bond donors (Lipinski definition) is 1. The minimum Gasteiger partial charge on any atom is -0.461 e. The van der Waals surface area contributed by atoms with Crippen molar-refractivity contribution in [2.24, 2.45) is 5.73 Å². The van der Waals surface area contributed by atoms with Gasteiger partial charge < -0.3 is 34.2 Å². The van der Waals surface area contributed by atoms with Crippen molar-refractivity contribution in [2.75, 3.05) is 19.8 Å². The molecule has 37 heavy (non-hydrogen) atoms. The van der Waals surface area contributed by atoms with Crippen molar-refractivity contribution in [3.05, 3.63) is 23.8 Å². The second kappa shape index (κ2) is 18.0. The fourth-order valence-electron chi connectivity index (χ4n) is 2.93. The molecule has 0 aromatic heterocycles. The molecule has 0 aliphatic carbocycles. The van der Waals surface area contributed by atoms with Crippen LogP contribution in [-0.2, 0) is 35.0 Å². The van der Waals surface area contributed by atoms with Gasteiger partial charge in [0.2, 0.25) is 0 Å². The summed E-state index contributed by atoms with van der Waals surface area (Å²) in [5.41, 5.74) is 6.50. The first-order valence-corrected chi connectivity index (χ1v) is 12.6. The molecule has 0 radical (unpaired) electrons. The van der Waals surface area contributed by atoms with E-state index >= 15 is 0 Å². The van der Waals surface area contributed by atoms with Gasteiger partial charge in [-0.25, -0.2) is 9.59 Å². The molecular weight excluding hydrogens is 486 g/mol. The van der Waals surface area contributed by atoms with Crippen molar-refractivity contribution < 1.29 is 47.6 Å². The van der Waals surface area contributed by atoms with Crippen LogP contribution >= 0.6 is 0 Å². The highest BCUT2D eigenvalue weighted by Crippen LogP contribution is 2.30. The van der Waals surface area contributed by atoms with Crippen molar-refractivity contribution in [3.63, 3.8) is 0 Å². The monoisotopic (exact) mass is 525 g/mol. The van der Waals surface area contributed by atoms with Gasteiger partial charge in [-0.05, 0) is 50.3 Å². The Labute approximate surface area is 217 Å². The molecule has 11 nitrogen and oxygen atoms in total. The molecular formula is C26H39NO10. The van der Waals surface area contributed by atoms with Crippen LogP contribution in [-0.4, -0.2) is 56.2 Å². The number of hydrogen-bond acceptors (Lipinski definition) is 11. The Morgan fingerprint density at radius 2 is 1.46 bits per heavy atom. The van der Waals surface area contributed by atoms with Crippen molar-refractivity contribution >= 4 is 24.2 Å². The van der Waals surface area contributed by atoms with E-state index in [0.29, 0.717) is 24.8 Å². The molecule has 2 N–H and O–H groups in total. The van der Waals surface area contributed by atoms with Crippen LogP contribution in [0.4, 0.5) is 9.59 Å². The van der Waals surface area contributed by atoms with E-state index in [2.05, 4.69) is 0 Å². The average molecular weight is 526 g/mol. The number of unbranched alkanes of at least 4 members (excludes halogenated alkanes) is 2. The third-order valence-corrected chi connectivity index (χ3v) is 4.78. The highest BCUT2D eigenvalue weighted by atomic mass is 16.7. The Morgan fingerprint density at radius 1 is 0.838 bits per heavy atom. The first kappa shape index (κ1) is 31.7. The number of benzene rings is 1. The maximum Gasteiger partial charge on any atom is 0.513 e. The quantitative estimate of drug-likeness (QED) is 0.141. The van der Waals surface area contributed by atoms with Crippen molar-refractivity contribution in [2.45, 2.75) is 84.8 Å². The lowest BCUT2D eigenvalue weighted by molar-refractivity contribution is -0.158. The number of ether oxygens (including phenoxy) is 6. The Bertz CT molecular complexity index is 873. The highest BCUT2D eigenvalue weighted by Gasteiger charge is 2.21. The summed E-state index contributed by atoms with van der Waals surface area (Å²) in [4.78, 5) is 48.0. The van der Waals surface area contributed by atoms with Crippen LogP contribution in [0.3, 0.4) is 0 Å². The van der Waals surface area contributed by atoms with E-state index in [1.165, 1.54) is 12.1 Å². The van der Waals surface area contributed by atoms with Gasteiger partial charge in [0, 0.05) is 6.42 Å². The van der Waals surface area contributed by atoms with Gasteiger partial charge in [-0.3, -0.25) is 9.59 Å². The number of carbonyl (C=O) groups excluding carboxylic acids is 4. The summed E-state index contributed by atoms with van der Waals surface area (Å²) >= 11 is 0. The molecule has 1 rings (SSSR count). The largest absolute Gasteiger partial charge is 0.513 e. The van der Waals surface area contributed by atoms with Gasteiger partial charge in [-0.1, -0.05) is 39.7 Å². The summed E-state index contributed by atoms with van der Waals surface area (Å²) in [6, 6.07) is 3.31.